The first-order valence-electron chi connectivity index (χ1n) is 11.7. The second-order valence-corrected chi connectivity index (χ2v) is 8.94. The van der Waals surface area contributed by atoms with E-state index in [0.717, 1.165) is 29.5 Å². The van der Waals surface area contributed by atoms with Crippen LogP contribution in [0.5, 0.6) is 5.75 Å². The molecule has 32 heavy (non-hydrogen) atoms. The lowest BCUT2D eigenvalue weighted by molar-refractivity contribution is 0.214. The third-order valence-corrected chi connectivity index (χ3v) is 6.48. The van der Waals surface area contributed by atoms with Crippen LogP contribution in [-0.2, 0) is 0 Å². The molecule has 0 bridgehead atoms. The van der Waals surface area contributed by atoms with Crippen LogP contribution in [0.25, 0.3) is 11.1 Å². The first kappa shape index (κ1) is 22.6. The third kappa shape index (κ3) is 6.03. The van der Waals surface area contributed by atoms with E-state index in [4.69, 9.17) is 16.3 Å². The summed E-state index contributed by atoms with van der Waals surface area (Å²) < 4.78 is 6.08. The molecule has 0 N–H and O–H groups in total. The summed E-state index contributed by atoms with van der Waals surface area (Å²) in [5, 5.41) is 0.749. The van der Waals surface area contributed by atoms with Gasteiger partial charge < -0.3 is 4.74 Å². The van der Waals surface area contributed by atoms with Gasteiger partial charge in [-0.1, -0.05) is 79.0 Å². The fourth-order valence-corrected chi connectivity index (χ4v) is 4.54. The van der Waals surface area contributed by atoms with Gasteiger partial charge in [-0.3, -0.25) is 4.90 Å². The zero-order valence-electron chi connectivity index (χ0n) is 18.9. The van der Waals surface area contributed by atoms with Gasteiger partial charge in [0.25, 0.3) is 0 Å². The van der Waals surface area contributed by atoms with E-state index in [1.54, 1.807) is 0 Å². The van der Waals surface area contributed by atoms with Crippen molar-refractivity contribution in [3.8, 4) is 5.75 Å². The minimum Gasteiger partial charge on any atom is -0.492 e. The standard InChI is InChI=1S/C29H32ClNO/c1-23(24-9-5-4-6-10-24)29(25-11-15-27(30)16-12-25)26-13-17-28(18-14-26)32-22-21-31-19-7-2-3-8-20-31/h4-6,9-18H,2-3,7-8,19-22H2,1H3/b29-23+. The predicted molar refractivity (Wildman–Crippen MR) is 136 cm³/mol. The Balaban J connectivity index is 1.52. The van der Waals surface area contributed by atoms with Crippen molar-refractivity contribution in [2.75, 3.05) is 26.2 Å². The average Bonchev–Trinajstić information content (AvgIpc) is 3.11. The number of rotatable bonds is 7. The molecule has 2 nitrogen and oxygen atoms in total. The van der Waals surface area contributed by atoms with Crippen molar-refractivity contribution in [1.82, 2.24) is 4.90 Å². The summed E-state index contributed by atoms with van der Waals surface area (Å²) in [6.07, 6.45) is 5.36. The van der Waals surface area contributed by atoms with Crippen molar-refractivity contribution < 1.29 is 4.74 Å². The summed E-state index contributed by atoms with van der Waals surface area (Å²) in [7, 11) is 0. The molecule has 0 aliphatic carbocycles. The largest absolute Gasteiger partial charge is 0.492 e. The molecule has 0 amide bonds. The Morgan fingerprint density at radius 1 is 0.750 bits per heavy atom. The molecular weight excluding hydrogens is 414 g/mol. The Bertz CT molecular complexity index is 1000. The Hall–Kier alpha value is -2.55. The van der Waals surface area contributed by atoms with Gasteiger partial charge >= 0.3 is 0 Å². The number of allylic oxidation sites excluding steroid dienone is 1. The Kier molecular flexibility index (Phi) is 8.03. The van der Waals surface area contributed by atoms with Gasteiger partial charge in [0.2, 0.25) is 0 Å². The van der Waals surface area contributed by atoms with E-state index in [2.05, 4.69) is 78.6 Å². The van der Waals surface area contributed by atoms with Gasteiger partial charge in [0.15, 0.2) is 0 Å². The molecule has 3 aromatic rings. The number of hydrogen-bond donors (Lipinski definition) is 0. The van der Waals surface area contributed by atoms with E-state index in [1.807, 2.05) is 12.1 Å². The van der Waals surface area contributed by atoms with Crippen LogP contribution in [0.1, 0.15) is 49.3 Å². The first-order chi connectivity index (χ1) is 15.7. The number of ether oxygens (including phenoxy) is 1. The summed E-state index contributed by atoms with van der Waals surface area (Å²) in [4.78, 5) is 2.53. The molecule has 166 valence electrons. The molecule has 0 saturated carbocycles. The summed E-state index contributed by atoms with van der Waals surface area (Å²) >= 11 is 6.16. The fraction of sp³-hybridized carbons (Fsp3) is 0.310. The van der Waals surface area contributed by atoms with Gasteiger partial charge in [0.1, 0.15) is 12.4 Å². The minimum absolute atomic E-state index is 0.738. The second-order valence-electron chi connectivity index (χ2n) is 8.50. The minimum atomic E-state index is 0.738. The third-order valence-electron chi connectivity index (χ3n) is 6.23. The molecule has 4 rings (SSSR count). The van der Waals surface area contributed by atoms with E-state index >= 15 is 0 Å². The van der Waals surface area contributed by atoms with Gasteiger partial charge in [0, 0.05) is 11.6 Å². The quantitative estimate of drug-likeness (QED) is 0.347. The molecular formula is C29H32ClNO. The lowest BCUT2D eigenvalue weighted by Gasteiger charge is -2.20. The van der Waals surface area contributed by atoms with Crippen LogP contribution in [0.15, 0.2) is 78.9 Å². The van der Waals surface area contributed by atoms with Crippen LogP contribution in [0, 0.1) is 0 Å². The number of hydrogen-bond acceptors (Lipinski definition) is 2. The maximum Gasteiger partial charge on any atom is 0.119 e. The van der Waals surface area contributed by atoms with Gasteiger partial charge in [-0.15, -0.1) is 0 Å². The van der Waals surface area contributed by atoms with Crippen LogP contribution in [-0.4, -0.2) is 31.1 Å². The highest BCUT2D eigenvalue weighted by Gasteiger charge is 2.12. The predicted octanol–water partition coefficient (Wildman–Crippen LogP) is 7.57. The fourth-order valence-electron chi connectivity index (χ4n) is 4.42. The molecule has 1 aliphatic heterocycles. The van der Waals surface area contributed by atoms with Crippen molar-refractivity contribution >= 4 is 22.7 Å². The highest BCUT2D eigenvalue weighted by atomic mass is 35.5. The summed E-state index contributed by atoms with van der Waals surface area (Å²) in [6, 6.07) is 27.1. The summed E-state index contributed by atoms with van der Waals surface area (Å²) in [5.74, 6) is 0.927. The van der Waals surface area contributed by atoms with E-state index in [1.165, 1.54) is 61.0 Å². The number of benzene rings is 3. The van der Waals surface area contributed by atoms with Gasteiger partial charge in [-0.25, -0.2) is 0 Å². The monoisotopic (exact) mass is 445 g/mol. The van der Waals surface area contributed by atoms with Crippen LogP contribution >= 0.6 is 11.6 Å². The highest BCUT2D eigenvalue weighted by molar-refractivity contribution is 6.30. The van der Waals surface area contributed by atoms with Crippen molar-refractivity contribution in [3.05, 3.63) is 101 Å². The molecule has 1 aliphatic rings. The molecule has 0 spiro atoms. The molecule has 0 atom stereocenters. The highest BCUT2D eigenvalue weighted by Crippen LogP contribution is 2.33. The lowest BCUT2D eigenvalue weighted by atomic mass is 9.90. The van der Waals surface area contributed by atoms with Crippen molar-refractivity contribution in [2.24, 2.45) is 0 Å². The van der Waals surface area contributed by atoms with Crippen molar-refractivity contribution in [1.29, 1.82) is 0 Å². The lowest BCUT2D eigenvalue weighted by Crippen LogP contribution is -2.29. The van der Waals surface area contributed by atoms with E-state index in [-0.39, 0.29) is 0 Å². The Labute approximate surface area is 197 Å². The molecule has 1 heterocycles. The number of nitrogens with zero attached hydrogens (tertiary/aromatic N) is 1. The second kappa shape index (κ2) is 11.4. The van der Waals surface area contributed by atoms with Crippen LogP contribution in [0.2, 0.25) is 5.02 Å². The molecule has 0 unspecified atom stereocenters. The molecule has 1 saturated heterocycles. The average molecular weight is 446 g/mol. The van der Waals surface area contributed by atoms with Crippen LogP contribution in [0.4, 0.5) is 0 Å². The van der Waals surface area contributed by atoms with Gasteiger partial charge in [-0.05, 0) is 85.0 Å². The van der Waals surface area contributed by atoms with Crippen molar-refractivity contribution in [3.63, 3.8) is 0 Å². The van der Waals surface area contributed by atoms with E-state index in [0.29, 0.717) is 0 Å². The Morgan fingerprint density at radius 2 is 1.34 bits per heavy atom. The smallest absolute Gasteiger partial charge is 0.119 e. The summed E-state index contributed by atoms with van der Waals surface area (Å²) in [6.45, 7) is 6.34. The van der Waals surface area contributed by atoms with Crippen LogP contribution < -0.4 is 4.74 Å². The first-order valence-corrected chi connectivity index (χ1v) is 12.1. The SMILES string of the molecule is C/C(=C(/c1ccc(Cl)cc1)c1ccc(OCCN2CCCCCC2)cc1)c1ccccc1. The van der Waals surface area contributed by atoms with Gasteiger partial charge in [-0.2, -0.15) is 0 Å². The topological polar surface area (TPSA) is 12.5 Å². The Morgan fingerprint density at radius 3 is 1.97 bits per heavy atom. The molecule has 3 heteroatoms. The summed E-state index contributed by atoms with van der Waals surface area (Å²) in [5.41, 5.74) is 6.00. The van der Waals surface area contributed by atoms with E-state index < -0.39 is 0 Å². The zero-order valence-corrected chi connectivity index (χ0v) is 19.7. The zero-order chi connectivity index (χ0) is 22.2. The van der Waals surface area contributed by atoms with E-state index in [9.17, 15) is 0 Å². The number of likely N-dealkylation sites (tertiary alicyclic amines) is 1. The number of halogens is 1. The van der Waals surface area contributed by atoms with Crippen molar-refractivity contribution in [2.45, 2.75) is 32.6 Å². The molecule has 3 aromatic carbocycles. The van der Waals surface area contributed by atoms with Gasteiger partial charge in [0.05, 0.1) is 0 Å². The van der Waals surface area contributed by atoms with Crippen LogP contribution in [0.3, 0.4) is 0 Å². The molecule has 1 fully saturated rings. The molecule has 0 aromatic heterocycles. The molecule has 0 radical (unpaired) electrons. The maximum atomic E-state index is 6.16. The normalized spacial score (nSPS) is 15.7. The maximum absolute atomic E-state index is 6.16.